The second kappa shape index (κ2) is 4.21. The minimum Gasteiger partial charge on any atom is -0.494 e. The van der Waals surface area contributed by atoms with Crippen molar-refractivity contribution in [1.82, 2.24) is 0 Å². The van der Waals surface area contributed by atoms with Gasteiger partial charge in [-0.05, 0) is 24.6 Å². The molecule has 1 aliphatic heterocycles. The molecule has 0 atom stereocenters. The largest absolute Gasteiger partial charge is 0.494 e. The van der Waals surface area contributed by atoms with Gasteiger partial charge in [0.1, 0.15) is 11.4 Å². The number of methoxy groups -OCH3 is 1. The van der Waals surface area contributed by atoms with E-state index in [1.807, 2.05) is 25.1 Å². The minimum atomic E-state index is -0.257. The van der Waals surface area contributed by atoms with E-state index in [0.29, 0.717) is 19.8 Å². The Balaban J connectivity index is 2.23. The minimum absolute atomic E-state index is 0.257. The van der Waals surface area contributed by atoms with Gasteiger partial charge in [0.2, 0.25) is 0 Å². The summed E-state index contributed by atoms with van der Waals surface area (Å²) in [5.41, 5.74) is 0.870. The maximum Gasteiger partial charge on any atom is 0.139 e. The molecular weight excluding hydrogens is 192 g/mol. The van der Waals surface area contributed by atoms with Gasteiger partial charge in [-0.2, -0.15) is 0 Å². The van der Waals surface area contributed by atoms with Crippen molar-refractivity contribution in [2.75, 3.05) is 26.9 Å². The van der Waals surface area contributed by atoms with Gasteiger partial charge in [-0.3, -0.25) is 0 Å². The molecule has 1 fully saturated rings. The summed E-state index contributed by atoms with van der Waals surface area (Å²) in [4.78, 5) is 0. The van der Waals surface area contributed by atoms with Crippen LogP contribution in [-0.4, -0.2) is 26.9 Å². The van der Waals surface area contributed by atoms with Gasteiger partial charge in [0.25, 0.3) is 0 Å². The van der Waals surface area contributed by atoms with Crippen LogP contribution in [0.15, 0.2) is 24.3 Å². The highest BCUT2D eigenvalue weighted by Gasteiger charge is 2.40. The van der Waals surface area contributed by atoms with Crippen molar-refractivity contribution in [3.63, 3.8) is 0 Å². The van der Waals surface area contributed by atoms with Gasteiger partial charge in [0.15, 0.2) is 0 Å². The fraction of sp³-hybridized carbons (Fsp3) is 0.500. The molecule has 2 rings (SSSR count). The van der Waals surface area contributed by atoms with Crippen LogP contribution in [0.25, 0.3) is 0 Å². The predicted octanol–water partition coefficient (Wildman–Crippen LogP) is 1.96. The highest BCUT2D eigenvalue weighted by molar-refractivity contribution is 5.33. The topological polar surface area (TPSA) is 27.7 Å². The molecule has 15 heavy (non-hydrogen) atoms. The number of rotatable bonds is 4. The van der Waals surface area contributed by atoms with Gasteiger partial charge in [-0.1, -0.05) is 12.1 Å². The molecule has 0 N–H and O–H groups in total. The summed E-state index contributed by atoms with van der Waals surface area (Å²) in [6, 6.07) is 8.01. The van der Waals surface area contributed by atoms with E-state index in [1.165, 1.54) is 0 Å². The Morgan fingerprint density at radius 2 is 2.20 bits per heavy atom. The van der Waals surface area contributed by atoms with Gasteiger partial charge in [-0.25, -0.2) is 0 Å². The third kappa shape index (κ3) is 1.85. The highest BCUT2D eigenvalue weighted by atomic mass is 16.6. The molecule has 1 aromatic carbocycles. The highest BCUT2D eigenvalue weighted by Crippen LogP contribution is 2.34. The van der Waals surface area contributed by atoms with E-state index in [4.69, 9.17) is 14.2 Å². The average molecular weight is 208 g/mol. The second-order valence-electron chi connectivity index (χ2n) is 3.65. The fourth-order valence-corrected chi connectivity index (χ4v) is 1.73. The summed E-state index contributed by atoms with van der Waals surface area (Å²) in [5, 5.41) is 0. The van der Waals surface area contributed by atoms with Crippen molar-refractivity contribution in [3.05, 3.63) is 29.8 Å². The van der Waals surface area contributed by atoms with Crippen LogP contribution in [0.4, 0.5) is 0 Å². The summed E-state index contributed by atoms with van der Waals surface area (Å²) in [5.74, 6) is 0.887. The third-order valence-electron chi connectivity index (χ3n) is 2.73. The molecule has 0 aliphatic carbocycles. The zero-order valence-electron chi connectivity index (χ0n) is 9.16. The molecule has 1 saturated heterocycles. The smallest absolute Gasteiger partial charge is 0.139 e. The molecule has 0 aromatic heterocycles. The maximum absolute atomic E-state index is 5.51. The summed E-state index contributed by atoms with van der Waals surface area (Å²) >= 11 is 0. The van der Waals surface area contributed by atoms with Crippen molar-refractivity contribution in [2.45, 2.75) is 12.5 Å². The molecule has 1 aromatic rings. The first-order valence-electron chi connectivity index (χ1n) is 5.17. The van der Waals surface area contributed by atoms with Gasteiger partial charge in [0, 0.05) is 7.11 Å². The molecule has 1 heterocycles. The van der Waals surface area contributed by atoms with Crippen LogP contribution in [0.5, 0.6) is 5.75 Å². The van der Waals surface area contributed by atoms with Gasteiger partial charge in [-0.15, -0.1) is 0 Å². The number of hydrogen-bond donors (Lipinski definition) is 0. The van der Waals surface area contributed by atoms with Crippen molar-refractivity contribution in [3.8, 4) is 5.75 Å². The molecule has 0 radical (unpaired) electrons. The summed E-state index contributed by atoms with van der Waals surface area (Å²) in [6.45, 7) is 3.91. The van der Waals surface area contributed by atoms with Crippen LogP contribution >= 0.6 is 0 Å². The Kier molecular flexibility index (Phi) is 2.93. The normalized spacial score (nSPS) is 18.3. The van der Waals surface area contributed by atoms with Crippen LogP contribution < -0.4 is 4.74 Å². The molecule has 0 amide bonds. The second-order valence-corrected chi connectivity index (χ2v) is 3.65. The Morgan fingerprint density at radius 1 is 1.40 bits per heavy atom. The summed E-state index contributed by atoms with van der Waals surface area (Å²) in [6.07, 6.45) is 0. The van der Waals surface area contributed by atoms with E-state index < -0.39 is 0 Å². The zero-order valence-corrected chi connectivity index (χ0v) is 9.16. The van der Waals surface area contributed by atoms with Crippen molar-refractivity contribution in [2.24, 2.45) is 0 Å². The van der Waals surface area contributed by atoms with E-state index in [1.54, 1.807) is 7.11 Å². The third-order valence-corrected chi connectivity index (χ3v) is 2.73. The first-order chi connectivity index (χ1) is 7.30. The lowest BCUT2D eigenvalue weighted by molar-refractivity contribution is -0.202. The number of benzene rings is 1. The van der Waals surface area contributed by atoms with Crippen molar-refractivity contribution in [1.29, 1.82) is 0 Å². The monoisotopic (exact) mass is 208 g/mol. The zero-order chi connectivity index (χ0) is 10.7. The lowest BCUT2D eigenvalue weighted by Crippen LogP contribution is -2.48. The Labute approximate surface area is 90.0 Å². The van der Waals surface area contributed by atoms with Crippen LogP contribution in [-0.2, 0) is 15.1 Å². The molecule has 3 nitrogen and oxygen atoms in total. The van der Waals surface area contributed by atoms with E-state index in [9.17, 15) is 0 Å². The summed E-state index contributed by atoms with van der Waals surface area (Å²) < 4.78 is 16.2. The molecule has 82 valence electrons. The van der Waals surface area contributed by atoms with Crippen LogP contribution in [0.3, 0.4) is 0 Å². The van der Waals surface area contributed by atoms with Crippen LogP contribution in [0.2, 0.25) is 0 Å². The standard InChI is InChI=1S/C12H16O3/c1-3-15-11-6-4-5-10(7-11)12(13-2)8-14-9-12/h4-7H,3,8-9H2,1-2H3. The molecule has 0 spiro atoms. The number of hydrogen-bond acceptors (Lipinski definition) is 3. The Morgan fingerprint density at radius 3 is 2.73 bits per heavy atom. The average Bonchev–Trinajstić information content (AvgIpc) is 2.18. The van der Waals surface area contributed by atoms with Crippen LogP contribution in [0.1, 0.15) is 12.5 Å². The summed E-state index contributed by atoms with van der Waals surface area (Å²) in [7, 11) is 1.72. The van der Waals surface area contributed by atoms with Crippen molar-refractivity contribution < 1.29 is 14.2 Å². The number of ether oxygens (including phenoxy) is 3. The van der Waals surface area contributed by atoms with E-state index in [0.717, 1.165) is 11.3 Å². The van der Waals surface area contributed by atoms with E-state index in [-0.39, 0.29) is 5.60 Å². The molecule has 0 saturated carbocycles. The molecule has 0 bridgehead atoms. The first kappa shape index (κ1) is 10.5. The molecular formula is C12H16O3. The Bertz CT molecular complexity index is 326. The molecule has 0 unspecified atom stereocenters. The van der Waals surface area contributed by atoms with Gasteiger partial charge >= 0.3 is 0 Å². The quantitative estimate of drug-likeness (QED) is 0.757. The van der Waals surface area contributed by atoms with Gasteiger partial charge in [0.05, 0.1) is 19.8 Å². The molecule has 1 aliphatic rings. The lowest BCUT2D eigenvalue weighted by Gasteiger charge is -2.40. The van der Waals surface area contributed by atoms with Crippen molar-refractivity contribution >= 4 is 0 Å². The lowest BCUT2D eigenvalue weighted by atomic mass is 9.92. The van der Waals surface area contributed by atoms with Gasteiger partial charge < -0.3 is 14.2 Å². The predicted molar refractivity (Wildman–Crippen MR) is 57.1 cm³/mol. The van der Waals surface area contributed by atoms with E-state index in [2.05, 4.69) is 6.07 Å². The van der Waals surface area contributed by atoms with Crippen LogP contribution in [0, 0.1) is 0 Å². The Hall–Kier alpha value is -1.06. The first-order valence-corrected chi connectivity index (χ1v) is 5.17. The molecule has 3 heteroatoms. The van der Waals surface area contributed by atoms with E-state index >= 15 is 0 Å². The SMILES string of the molecule is CCOc1cccc(C2(OC)COC2)c1. The maximum atomic E-state index is 5.51. The fourth-order valence-electron chi connectivity index (χ4n) is 1.73.